The van der Waals surface area contributed by atoms with E-state index in [-0.39, 0.29) is 11.9 Å². The molecule has 0 aromatic carbocycles. The Bertz CT molecular complexity index is 438. The van der Waals surface area contributed by atoms with Crippen LogP contribution >= 0.6 is 0 Å². The van der Waals surface area contributed by atoms with Crippen molar-refractivity contribution < 1.29 is 4.79 Å². The molecule has 0 radical (unpaired) electrons. The van der Waals surface area contributed by atoms with Crippen LogP contribution in [0.1, 0.15) is 25.1 Å². The number of nitrogens with one attached hydrogen (secondary N) is 1. The molecule has 1 aromatic heterocycles. The van der Waals surface area contributed by atoms with Crippen LogP contribution in [0, 0.1) is 0 Å². The van der Waals surface area contributed by atoms with Crippen molar-refractivity contribution in [3.05, 3.63) is 18.2 Å². The molecular formula is C13H20N4O. The lowest BCUT2D eigenvalue weighted by Crippen LogP contribution is -2.45. The van der Waals surface area contributed by atoms with Gasteiger partial charge in [0.1, 0.15) is 5.82 Å². The van der Waals surface area contributed by atoms with Crippen LogP contribution in [0.5, 0.6) is 0 Å². The predicted molar refractivity (Wildman–Crippen MR) is 68.1 cm³/mol. The highest BCUT2D eigenvalue weighted by atomic mass is 16.2. The molecule has 1 aliphatic carbocycles. The standard InChI is InChI=1S/C13H20N4O/c1-16(11-3-4-11)9-13(18)15-10-2-5-12-14-6-7-17(12)8-10/h6-7,10-11H,2-5,8-9H2,1H3,(H,15,18)/t10-/m1/s1. The second-order valence-electron chi connectivity index (χ2n) is 5.45. The summed E-state index contributed by atoms with van der Waals surface area (Å²) in [5.74, 6) is 1.29. The molecule has 1 fully saturated rings. The molecular weight excluding hydrogens is 228 g/mol. The van der Waals surface area contributed by atoms with Crippen LogP contribution in [0.15, 0.2) is 12.4 Å². The van der Waals surface area contributed by atoms with E-state index in [1.54, 1.807) is 0 Å². The van der Waals surface area contributed by atoms with E-state index in [2.05, 4.69) is 19.8 Å². The zero-order valence-corrected chi connectivity index (χ0v) is 10.8. The lowest BCUT2D eigenvalue weighted by atomic mass is 10.1. The molecule has 1 N–H and O–H groups in total. The first-order valence-electron chi connectivity index (χ1n) is 6.72. The minimum Gasteiger partial charge on any atom is -0.350 e. The van der Waals surface area contributed by atoms with E-state index in [1.165, 1.54) is 12.8 Å². The summed E-state index contributed by atoms with van der Waals surface area (Å²) in [4.78, 5) is 18.4. The van der Waals surface area contributed by atoms with Gasteiger partial charge in [0.15, 0.2) is 0 Å². The minimum absolute atomic E-state index is 0.151. The molecule has 2 aliphatic rings. The van der Waals surface area contributed by atoms with Crippen molar-refractivity contribution in [3.8, 4) is 0 Å². The van der Waals surface area contributed by atoms with Gasteiger partial charge in [-0.3, -0.25) is 9.69 Å². The summed E-state index contributed by atoms with van der Waals surface area (Å²) < 4.78 is 2.14. The molecule has 2 heterocycles. The van der Waals surface area contributed by atoms with Crippen molar-refractivity contribution in [1.82, 2.24) is 19.8 Å². The largest absolute Gasteiger partial charge is 0.350 e. The van der Waals surface area contributed by atoms with Gasteiger partial charge in [0.05, 0.1) is 6.54 Å². The van der Waals surface area contributed by atoms with E-state index < -0.39 is 0 Å². The monoisotopic (exact) mass is 248 g/mol. The second-order valence-corrected chi connectivity index (χ2v) is 5.45. The first-order chi connectivity index (χ1) is 8.72. The molecule has 1 atom stereocenters. The van der Waals surface area contributed by atoms with Crippen molar-refractivity contribution in [2.45, 2.75) is 44.3 Å². The van der Waals surface area contributed by atoms with Crippen LogP contribution in [-0.4, -0.2) is 46.0 Å². The first-order valence-corrected chi connectivity index (χ1v) is 6.72. The number of aryl methyl sites for hydroxylation is 1. The Kier molecular flexibility index (Phi) is 3.07. The van der Waals surface area contributed by atoms with Crippen molar-refractivity contribution in [2.75, 3.05) is 13.6 Å². The fourth-order valence-electron chi connectivity index (χ4n) is 2.63. The van der Waals surface area contributed by atoms with E-state index in [0.29, 0.717) is 12.6 Å². The molecule has 0 saturated heterocycles. The Labute approximate surface area is 107 Å². The third-order valence-corrected chi connectivity index (χ3v) is 3.86. The van der Waals surface area contributed by atoms with Gasteiger partial charge in [0.2, 0.25) is 5.91 Å². The van der Waals surface area contributed by atoms with Gasteiger partial charge in [-0.15, -0.1) is 0 Å². The third kappa shape index (κ3) is 2.56. The van der Waals surface area contributed by atoms with Gasteiger partial charge in [-0.2, -0.15) is 0 Å². The molecule has 0 unspecified atom stereocenters. The number of rotatable bonds is 4. The Balaban J connectivity index is 1.49. The number of nitrogens with zero attached hydrogens (tertiary/aromatic N) is 3. The molecule has 1 aromatic rings. The van der Waals surface area contributed by atoms with Crippen LogP contribution in [-0.2, 0) is 17.8 Å². The van der Waals surface area contributed by atoms with E-state index in [4.69, 9.17) is 0 Å². The summed E-state index contributed by atoms with van der Waals surface area (Å²) in [5.41, 5.74) is 0. The van der Waals surface area contributed by atoms with Crippen LogP contribution in [0.4, 0.5) is 0 Å². The number of fused-ring (bicyclic) bond motifs is 1. The SMILES string of the molecule is CN(CC(=O)N[C@@H]1CCc2nccn2C1)C1CC1. The molecule has 5 nitrogen and oxygen atoms in total. The van der Waals surface area contributed by atoms with Gasteiger partial charge in [-0.05, 0) is 26.3 Å². The summed E-state index contributed by atoms with van der Waals surface area (Å²) in [7, 11) is 2.03. The number of amides is 1. The van der Waals surface area contributed by atoms with Gasteiger partial charge in [0, 0.05) is 37.4 Å². The number of carbonyl (C=O) groups excluding carboxylic acids is 1. The van der Waals surface area contributed by atoms with Crippen LogP contribution in [0.25, 0.3) is 0 Å². The van der Waals surface area contributed by atoms with Crippen LogP contribution in [0.3, 0.4) is 0 Å². The average Bonchev–Trinajstić information content (AvgIpc) is 3.08. The summed E-state index contributed by atoms with van der Waals surface area (Å²) in [6.07, 6.45) is 8.26. The summed E-state index contributed by atoms with van der Waals surface area (Å²) in [6.45, 7) is 1.38. The summed E-state index contributed by atoms with van der Waals surface area (Å²) >= 11 is 0. The van der Waals surface area contributed by atoms with Crippen molar-refractivity contribution in [3.63, 3.8) is 0 Å². The Hall–Kier alpha value is -1.36. The molecule has 5 heteroatoms. The molecule has 3 rings (SSSR count). The van der Waals surface area contributed by atoms with Gasteiger partial charge in [-0.25, -0.2) is 4.98 Å². The predicted octanol–water partition coefficient (Wildman–Crippen LogP) is 0.408. The molecule has 1 aliphatic heterocycles. The van der Waals surface area contributed by atoms with Gasteiger partial charge in [0.25, 0.3) is 0 Å². The quantitative estimate of drug-likeness (QED) is 0.839. The number of imidazole rings is 1. The summed E-state index contributed by atoms with van der Waals surface area (Å²) in [6, 6.07) is 0.897. The molecule has 1 saturated carbocycles. The number of carbonyl (C=O) groups is 1. The molecule has 98 valence electrons. The topological polar surface area (TPSA) is 50.2 Å². The Morgan fingerprint density at radius 1 is 1.56 bits per heavy atom. The number of likely N-dealkylation sites (N-methyl/N-ethyl adjacent to an activating group) is 1. The second kappa shape index (κ2) is 4.72. The smallest absolute Gasteiger partial charge is 0.234 e. The van der Waals surface area contributed by atoms with Crippen molar-refractivity contribution in [2.24, 2.45) is 0 Å². The lowest BCUT2D eigenvalue weighted by Gasteiger charge is -2.25. The average molecular weight is 248 g/mol. The lowest BCUT2D eigenvalue weighted by molar-refractivity contribution is -0.123. The van der Waals surface area contributed by atoms with Crippen LogP contribution < -0.4 is 5.32 Å². The number of hydrogen-bond donors (Lipinski definition) is 1. The zero-order valence-electron chi connectivity index (χ0n) is 10.8. The first kappa shape index (κ1) is 11.7. The van der Waals surface area contributed by atoms with Crippen molar-refractivity contribution in [1.29, 1.82) is 0 Å². The highest BCUT2D eigenvalue weighted by Gasteiger charge is 2.28. The van der Waals surface area contributed by atoms with Crippen molar-refractivity contribution >= 4 is 5.91 Å². The van der Waals surface area contributed by atoms with Gasteiger partial charge in [-0.1, -0.05) is 0 Å². The molecule has 18 heavy (non-hydrogen) atoms. The zero-order chi connectivity index (χ0) is 12.5. The van der Waals surface area contributed by atoms with E-state index in [1.807, 2.05) is 19.4 Å². The third-order valence-electron chi connectivity index (χ3n) is 3.86. The fourth-order valence-corrected chi connectivity index (χ4v) is 2.63. The maximum absolute atomic E-state index is 11.9. The maximum Gasteiger partial charge on any atom is 0.234 e. The molecule has 1 amide bonds. The highest BCUT2D eigenvalue weighted by Crippen LogP contribution is 2.24. The maximum atomic E-state index is 11.9. The Morgan fingerprint density at radius 3 is 3.17 bits per heavy atom. The van der Waals surface area contributed by atoms with E-state index >= 15 is 0 Å². The fraction of sp³-hybridized carbons (Fsp3) is 0.692. The van der Waals surface area contributed by atoms with Gasteiger partial charge < -0.3 is 9.88 Å². The van der Waals surface area contributed by atoms with Gasteiger partial charge >= 0.3 is 0 Å². The highest BCUT2D eigenvalue weighted by molar-refractivity contribution is 5.78. The number of hydrogen-bond acceptors (Lipinski definition) is 3. The van der Waals surface area contributed by atoms with Crippen LogP contribution in [0.2, 0.25) is 0 Å². The Morgan fingerprint density at radius 2 is 2.39 bits per heavy atom. The minimum atomic E-state index is 0.151. The van der Waals surface area contributed by atoms with E-state index in [9.17, 15) is 4.79 Å². The van der Waals surface area contributed by atoms with E-state index in [0.717, 1.165) is 25.2 Å². The molecule has 0 bridgehead atoms. The molecule has 0 spiro atoms. The number of aromatic nitrogens is 2. The summed E-state index contributed by atoms with van der Waals surface area (Å²) in [5, 5.41) is 3.13. The normalized spacial score (nSPS) is 22.9.